The number of rotatable bonds is 7. The van der Waals surface area contributed by atoms with E-state index in [0.717, 1.165) is 30.6 Å². The number of hydrogen-bond acceptors (Lipinski definition) is 2. The third-order valence-electron chi connectivity index (χ3n) is 2.63. The molecule has 0 heterocycles. The standard InChI is InChI=1S/C14H21NO2/c1-3-4-5-9-14(16)15-11-12-7-6-8-13(10-12)17-2/h6-8,10H,3-5,9,11H2,1-2H3,(H,15,16). The Morgan fingerprint density at radius 3 is 2.88 bits per heavy atom. The van der Waals surface area contributed by atoms with Gasteiger partial charge < -0.3 is 10.1 Å². The number of ether oxygens (including phenoxy) is 1. The fourth-order valence-electron chi connectivity index (χ4n) is 1.61. The number of nitrogens with one attached hydrogen (secondary N) is 1. The van der Waals surface area contributed by atoms with Gasteiger partial charge in [-0.25, -0.2) is 0 Å². The van der Waals surface area contributed by atoms with Crippen LogP contribution in [0, 0.1) is 0 Å². The molecule has 0 aliphatic heterocycles. The van der Waals surface area contributed by atoms with Crippen LogP contribution in [-0.2, 0) is 11.3 Å². The van der Waals surface area contributed by atoms with Crippen molar-refractivity contribution >= 4 is 5.91 Å². The van der Waals surface area contributed by atoms with E-state index in [-0.39, 0.29) is 5.91 Å². The first-order valence-corrected chi connectivity index (χ1v) is 6.16. The zero-order valence-corrected chi connectivity index (χ0v) is 10.7. The summed E-state index contributed by atoms with van der Waals surface area (Å²) in [5.74, 6) is 0.948. The summed E-state index contributed by atoms with van der Waals surface area (Å²) in [4.78, 5) is 11.5. The van der Waals surface area contributed by atoms with Crippen LogP contribution < -0.4 is 10.1 Å². The Labute approximate surface area is 103 Å². The Morgan fingerprint density at radius 1 is 1.35 bits per heavy atom. The number of unbranched alkanes of at least 4 members (excludes halogenated alkanes) is 2. The van der Waals surface area contributed by atoms with Gasteiger partial charge in [-0.2, -0.15) is 0 Å². The summed E-state index contributed by atoms with van der Waals surface area (Å²) < 4.78 is 5.13. The third-order valence-corrected chi connectivity index (χ3v) is 2.63. The molecule has 0 aromatic heterocycles. The van der Waals surface area contributed by atoms with Crippen LogP contribution in [-0.4, -0.2) is 13.0 Å². The van der Waals surface area contributed by atoms with Crippen LogP contribution in [0.2, 0.25) is 0 Å². The molecule has 0 saturated heterocycles. The van der Waals surface area contributed by atoms with Crippen molar-refractivity contribution in [3.63, 3.8) is 0 Å². The molecule has 0 bridgehead atoms. The third kappa shape index (κ3) is 5.38. The Morgan fingerprint density at radius 2 is 2.18 bits per heavy atom. The highest BCUT2D eigenvalue weighted by atomic mass is 16.5. The SMILES string of the molecule is CCCCCC(=O)NCc1cccc(OC)c1. The van der Waals surface area contributed by atoms with Crippen molar-refractivity contribution in [2.24, 2.45) is 0 Å². The van der Waals surface area contributed by atoms with Crippen molar-refractivity contribution in [1.29, 1.82) is 0 Å². The Kier molecular flexibility index (Phi) is 6.15. The molecule has 0 aliphatic carbocycles. The molecule has 0 fully saturated rings. The average molecular weight is 235 g/mol. The van der Waals surface area contributed by atoms with E-state index in [1.807, 2.05) is 24.3 Å². The van der Waals surface area contributed by atoms with Gasteiger partial charge in [0.2, 0.25) is 5.91 Å². The lowest BCUT2D eigenvalue weighted by Crippen LogP contribution is -2.22. The summed E-state index contributed by atoms with van der Waals surface area (Å²) in [7, 11) is 1.64. The molecule has 1 amide bonds. The lowest BCUT2D eigenvalue weighted by molar-refractivity contribution is -0.121. The molecule has 1 aromatic rings. The van der Waals surface area contributed by atoms with E-state index in [4.69, 9.17) is 4.74 Å². The number of amides is 1. The summed E-state index contributed by atoms with van der Waals surface area (Å²) in [5.41, 5.74) is 1.06. The molecule has 1 rings (SSSR count). The van der Waals surface area contributed by atoms with Gasteiger partial charge in [-0.3, -0.25) is 4.79 Å². The zero-order chi connectivity index (χ0) is 12.5. The van der Waals surface area contributed by atoms with Crippen LogP contribution in [0.5, 0.6) is 5.75 Å². The van der Waals surface area contributed by atoms with Gasteiger partial charge in [0, 0.05) is 13.0 Å². The van der Waals surface area contributed by atoms with E-state index in [2.05, 4.69) is 12.2 Å². The van der Waals surface area contributed by atoms with Crippen molar-refractivity contribution < 1.29 is 9.53 Å². The minimum Gasteiger partial charge on any atom is -0.497 e. The van der Waals surface area contributed by atoms with Crippen molar-refractivity contribution in [3.8, 4) is 5.75 Å². The second-order valence-corrected chi connectivity index (χ2v) is 4.09. The van der Waals surface area contributed by atoms with E-state index in [1.165, 1.54) is 0 Å². The molecule has 1 aromatic carbocycles. The highest BCUT2D eigenvalue weighted by Gasteiger charge is 2.01. The molecule has 0 atom stereocenters. The van der Waals surface area contributed by atoms with Crippen molar-refractivity contribution in [2.45, 2.75) is 39.2 Å². The van der Waals surface area contributed by atoms with Crippen LogP contribution >= 0.6 is 0 Å². The van der Waals surface area contributed by atoms with Gasteiger partial charge in [0.05, 0.1) is 7.11 Å². The molecule has 0 radical (unpaired) electrons. The Bertz CT molecular complexity index is 350. The molecule has 0 saturated carbocycles. The summed E-state index contributed by atoms with van der Waals surface area (Å²) in [6, 6.07) is 7.74. The van der Waals surface area contributed by atoms with Gasteiger partial charge in [-0.05, 0) is 24.1 Å². The highest BCUT2D eigenvalue weighted by molar-refractivity contribution is 5.75. The molecule has 94 valence electrons. The number of carbonyl (C=O) groups excluding carboxylic acids is 1. The molecular formula is C14H21NO2. The average Bonchev–Trinajstić information content (AvgIpc) is 2.37. The maximum atomic E-state index is 11.5. The Hall–Kier alpha value is -1.51. The summed E-state index contributed by atoms with van der Waals surface area (Å²) in [6.45, 7) is 2.70. The predicted octanol–water partition coefficient (Wildman–Crippen LogP) is 2.89. The van der Waals surface area contributed by atoms with Crippen molar-refractivity contribution in [1.82, 2.24) is 5.32 Å². The predicted molar refractivity (Wildman–Crippen MR) is 69.0 cm³/mol. The molecule has 17 heavy (non-hydrogen) atoms. The van der Waals surface area contributed by atoms with Gasteiger partial charge >= 0.3 is 0 Å². The van der Waals surface area contributed by atoms with Crippen molar-refractivity contribution in [2.75, 3.05) is 7.11 Å². The molecule has 3 heteroatoms. The van der Waals surface area contributed by atoms with E-state index in [1.54, 1.807) is 7.11 Å². The number of hydrogen-bond donors (Lipinski definition) is 1. The number of benzene rings is 1. The number of carbonyl (C=O) groups is 1. The second kappa shape index (κ2) is 7.71. The van der Waals surface area contributed by atoms with Gasteiger partial charge in [-0.15, -0.1) is 0 Å². The lowest BCUT2D eigenvalue weighted by atomic mass is 10.2. The summed E-state index contributed by atoms with van der Waals surface area (Å²) in [5, 5.41) is 2.91. The van der Waals surface area contributed by atoms with Crippen molar-refractivity contribution in [3.05, 3.63) is 29.8 Å². The van der Waals surface area contributed by atoms with Gasteiger partial charge in [-0.1, -0.05) is 31.9 Å². The topological polar surface area (TPSA) is 38.3 Å². The first-order valence-electron chi connectivity index (χ1n) is 6.16. The molecule has 1 N–H and O–H groups in total. The zero-order valence-electron chi connectivity index (χ0n) is 10.7. The molecular weight excluding hydrogens is 214 g/mol. The van der Waals surface area contributed by atoms with Gasteiger partial charge in [0.1, 0.15) is 5.75 Å². The normalized spacial score (nSPS) is 10.0. The highest BCUT2D eigenvalue weighted by Crippen LogP contribution is 2.12. The monoisotopic (exact) mass is 235 g/mol. The quantitative estimate of drug-likeness (QED) is 0.738. The summed E-state index contributed by atoms with van der Waals surface area (Å²) >= 11 is 0. The van der Waals surface area contributed by atoms with Gasteiger partial charge in [0.25, 0.3) is 0 Å². The largest absolute Gasteiger partial charge is 0.497 e. The van der Waals surface area contributed by atoms with E-state index in [9.17, 15) is 4.79 Å². The molecule has 0 unspecified atom stereocenters. The summed E-state index contributed by atoms with van der Waals surface area (Å²) in [6.07, 6.45) is 3.86. The first-order chi connectivity index (χ1) is 8.26. The minimum atomic E-state index is 0.126. The Balaban J connectivity index is 2.31. The second-order valence-electron chi connectivity index (χ2n) is 4.09. The maximum Gasteiger partial charge on any atom is 0.220 e. The molecule has 3 nitrogen and oxygen atoms in total. The van der Waals surface area contributed by atoms with E-state index in [0.29, 0.717) is 13.0 Å². The van der Waals surface area contributed by atoms with Crippen LogP contribution in [0.3, 0.4) is 0 Å². The maximum absolute atomic E-state index is 11.5. The van der Waals surface area contributed by atoms with Crippen LogP contribution in [0.15, 0.2) is 24.3 Å². The van der Waals surface area contributed by atoms with Crippen LogP contribution in [0.1, 0.15) is 38.2 Å². The molecule has 0 spiro atoms. The van der Waals surface area contributed by atoms with Gasteiger partial charge in [0.15, 0.2) is 0 Å². The molecule has 0 aliphatic rings. The fraction of sp³-hybridized carbons (Fsp3) is 0.500. The smallest absolute Gasteiger partial charge is 0.220 e. The van der Waals surface area contributed by atoms with Crippen LogP contribution in [0.4, 0.5) is 0 Å². The minimum absolute atomic E-state index is 0.126. The van der Waals surface area contributed by atoms with E-state index < -0.39 is 0 Å². The first kappa shape index (κ1) is 13.6. The fourth-order valence-corrected chi connectivity index (χ4v) is 1.61. The van der Waals surface area contributed by atoms with E-state index >= 15 is 0 Å². The number of methoxy groups -OCH3 is 1. The lowest BCUT2D eigenvalue weighted by Gasteiger charge is -2.06. The van der Waals surface area contributed by atoms with Crippen LogP contribution in [0.25, 0.3) is 0 Å².